The van der Waals surface area contributed by atoms with Crippen molar-refractivity contribution < 1.29 is 28.7 Å². The number of alkyl carbamates (subject to hydrolysis) is 1. The lowest BCUT2D eigenvalue weighted by atomic mass is 9.93. The lowest BCUT2D eigenvalue weighted by molar-refractivity contribution is -0.146. The van der Waals surface area contributed by atoms with Gasteiger partial charge in [-0.05, 0) is 71.1 Å². The third-order valence-corrected chi connectivity index (χ3v) is 12.3. The number of esters is 1. The molecule has 2 saturated heterocycles. The van der Waals surface area contributed by atoms with Gasteiger partial charge in [0.2, 0.25) is 11.8 Å². The van der Waals surface area contributed by atoms with Gasteiger partial charge in [0, 0.05) is 37.8 Å². The van der Waals surface area contributed by atoms with E-state index < -0.39 is 18.1 Å². The number of likely N-dealkylation sites (tertiary alicyclic amines) is 2. The number of benzene rings is 4. The normalized spacial score (nSPS) is 18.2. The molecule has 62 heavy (non-hydrogen) atoms. The molecule has 4 aromatic carbocycles. The Bertz CT molecular complexity index is 2430. The van der Waals surface area contributed by atoms with Crippen molar-refractivity contribution in [1.29, 1.82) is 0 Å². The summed E-state index contributed by atoms with van der Waals surface area (Å²) in [6.07, 6.45) is 7.97. The average Bonchev–Trinajstić information content (AvgIpc) is 4.16. The highest BCUT2D eigenvalue weighted by Gasteiger charge is 2.38. The molecule has 0 bridgehead atoms. The topological polar surface area (TPSA) is 146 Å². The predicted molar refractivity (Wildman–Crippen MR) is 238 cm³/mol. The number of carbonyl (C=O) groups is 4. The molecule has 4 heterocycles. The maximum absolute atomic E-state index is 14.0. The number of hydrogen-bond donors (Lipinski definition) is 2. The molecule has 2 N–H and O–H groups in total. The zero-order chi connectivity index (χ0) is 43.0. The van der Waals surface area contributed by atoms with Crippen molar-refractivity contribution in [2.24, 2.45) is 10.9 Å². The number of aromatic nitrogens is 2. The van der Waals surface area contributed by atoms with Crippen LogP contribution in [0.15, 0.2) is 127 Å². The van der Waals surface area contributed by atoms with Crippen LogP contribution in [0.3, 0.4) is 0 Å². The smallest absolute Gasteiger partial charge is 0.407 e. The molecular weight excluding hydrogens is 781 g/mol. The zero-order valence-corrected chi connectivity index (χ0v) is 35.2. The largest absolute Gasteiger partial charge is 0.469 e. The standard InChI is InChI=1S/C50H52N6O6/c1-61-46(57)30-39(27-33-11-5-3-6-12-33)48(58)55-25-9-15-44(55)41-29-40(31-51-41)37-19-17-35(18-20-37)36-21-23-38(24-22-36)43-32-52-47(53-43)45-16-10-26-56(45)49(59)42(54-50(60)62-2)28-34-13-7-4-8-14-34/h3-8,11-14,17-24,31-32,39,42,44-45H,9-10,15-16,25-30H2,1-2H3,(H,52,53)(H,54,60)/t39-,42+,44+,45+/m1/s1. The molecule has 3 amide bonds. The van der Waals surface area contributed by atoms with Gasteiger partial charge in [0.1, 0.15) is 11.9 Å². The molecule has 4 atom stereocenters. The first-order chi connectivity index (χ1) is 30.3. The summed E-state index contributed by atoms with van der Waals surface area (Å²) in [5, 5.41) is 2.75. The van der Waals surface area contributed by atoms with Gasteiger partial charge in [-0.25, -0.2) is 9.78 Å². The summed E-state index contributed by atoms with van der Waals surface area (Å²) in [7, 11) is 2.66. The van der Waals surface area contributed by atoms with Crippen molar-refractivity contribution in [3.05, 3.63) is 144 Å². The number of nitrogens with zero attached hydrogens (tertiary/aromatic N) is 4. The third kappa shape index (κ3) is 9.54. The molecule has 8 rings (SSSR count). The number of ether oxygens (including phenoxy) is 2. The number of nitrogens with one attached hydrogen (secondary N) is 2. The van der Waals surface area contributed by atoms with E-state index in [9.17, 15) is 19.2 Å². The van der Waals surface area contributed by atoms with Gasteiger partial charge in [-0.2, -0.15) is 0 Å². The summed E-state index contributed by atoms with van der Waals surface area (Å²) in [4.78, 5) is 69.3. The second kappa shape index (κ2) is 19.3. The molecule has 2 fully saturated rings. The van der Waals surface area contributed by atoms with Crippen molar-refractivity contribution in [2.75, 3.05) is 27.3 Å². The minimum atomic E-state index is -0.771. The number of aromatic amines is 1. The van der Waals surface area contributed by atoms with Crippen molar-refractivity contribution >= 4 is 35.2 Å². The molecule has 0 radical (unpaired) electrons. The Kier molecular flexibility index (Phi) is 13.0. The quantitative estimate of drug-likeness (QED) is 0.108. The molecule has 5 aromatic rings. The van der Waals surface area contributed by atoms with Crippen LogP contribution in [0.5, 0.6) is 0 Å². The zero-order valence-electron chi connectivity index (χ0n) is 35.2. The van der Waals surface area contributed by atoms with E-state index in [4.69, 9.17) is 19.5 Å². The lowest BCUT2D eigenvalue weighted by Crippen LogP contribution is -2.49. The van der Waals surface area contributed by atoms with Crippen LogP contribution in [0, 0.1) is 5.92 Å². The molecule has 12 nitrogen and oxygen atoms in total. The fourth-order valence-corrected chi connectivity index (χ4v) is 9.01. The maximum Gasteiger partial charge on any atom is 0.407 e. The first-order valence-electron chi connectivity index (χ1n) is 21.4. The second-order valence-electron chi connectivity index (χ2n) is 16.2. The van der Waals surface area contributed by atoms with E-state index in [2.05, 4.69) is 58.8 Å². The van der Waals surface area contributed by atoms with Crippen LogP contribution in [-0.4, -0.2) is 88.7 Å². The van der Waals surface area contributed by atoms with E-state index in [-0.39, 0.29) is 36.3 Å². The van der Waals surface area contributed by atoms with Crippen LogP contribution in [0.1, 0.15) is 67.1 Å². The Labute approximate surface area is 362 Å². The number of aliphatic imine (C=N–C) groups is 1. The maximum atomic E-state index is 14.0. The Morgan fingerprint density at radius 2 is 1.29 bits per heavy atom. The van der Waals surface area contributed by atoms with E-state index in [1.54, 1.807) is 0 Å². The molecular formula is C50H52N6O6. The van der Waals surface area contributed by atoms with Crippen LogP contribution in [0.4, 0.5) is 4.79 Å². The number of methoxy groups -OCH3 is 2. The first-order valence-corrected chi connectivity index (χ1v) is 21.4. The molecule has 3 aliphatic rings. The predicted octanol–water partition coefficient (Wildman–Crippen LogP) is 7.97. The summed E-state index contributed by atoms with van der Waals surface area (Å²) in [5.74, 6) is -0.350. The fraction of sp³-hybridized carbons (Fsp3) is 0.320. The number of carbonyl (C=O) groups excluding carboxylic acids is 4. The van der Waals surface area contributed by atoms with Gasteiger partial charge >= 0.3 is 12.1 Å². The fourth-order valence-electron chi connectivity index (χ4n) is 9.01. The summed E-state index contributed by atoms with van der Waals surface area (Å²) >= 11 is 0. The van der Waals surface area contributed by atoms with Crippen molar-refractivity contribution in [1.82, 2.24) is 25.1 Å². The monoisotopic (exact) mass is 832 g/mol. The molecule has 0 spiro atoms. The molecule has 0 aliphatic carbocycles. The molecule has 318 valence electrons. The van der Waals surface area contributed by atoms with Gasteiger partial charge in [-0.15, -0.1) is 0 Å². The van der Waals surface area contributed by atoms with E-state index in [1.165, 1.54) is 14.2 Å². The highest BCUT2D eigenvalue weighted by Crippen LogP contribution is 2.35. The summed E-state index contributed by atoms with van der Waals surface area (Å²) in [5.41, 5.74) is 9.14. The van der Waals surface area contributed by atoms with Crippen LogP contribution in [0.2, 0.25) is 0 Å². The SMILES string of the molecule is COC(=O)C[C@@H](Cc1ccccc1)C(=O)N1CCC[C@H]1C1=NC=C(c2ccc(-c3ccc(-c4cnc([C@@H]5CCCN5C(=O)[C@H](Cc5ccccc5)NC(=O)OC)[nH]4)cc3)cc2)C1. The van der Waals surface area contributed by atoms with Gasteiger partial charge in [0.25, 0.3) is 0 Å². The summed E-state index contributed by atoms with van der Waals surface area (Å²) in [6, 6.07) is 35.2. The van der Waals surface area contributed by atoms with Gasteiger partial charge in [-0.1, -0.05) is 109 Å². The van der Waals surface area contributed by atoms with E-state index in [0.717, 1.165) is 76.0 Å². The van der Waals surface area contributed by atoms with Gasteiger partial charge < -0.3 is 29.6 Å². The van der Waals surface area contributed by atoms with E-state index in [0.29, 0.717) is 38.2 Å². The minimum Gasteiger partial charge on any atom is -0.469 e. The van der Waals surface area contributed by atoms with E-state index in [1.807, 2.05) is 82.9 Å². The molecule has 12 heteroatoms. The summed E-state index contributed by atoms with van der Waals surface area (Å²) in [6.45, 7) is 1.22. The summed E-state index contributed by atoms with van der Waals surface area (Å²) < 4.78 is 9.82. The highest BCUT2D eigenvalue weighted by atomic mass is 16.5. The number of allylic oxidation sites excluding steroid dienone is 1. The average molecular weight is 833 g/mol. The van der Waals surface area contributed by atoms with Crippen molar-refractivity contribution in [2.45, 2.75) is 69.5 Å². The Morgan fingerprint density at radius 1 is 0.710 bits per heavy atom. The molecule has 0 unspecified atom stereocenters. The van der Waals surface area contributed by atoms with Crippen molar-refractivity contribution in [3.8, 4) is 22.4 Å². The number of H-pyrrole nitrogens is 1. The number of imidazole rings is 1. The molecule has 1 aromatic heterocycles. The molecule has 0 saturated carbocycles. The number of hydrogen-bond acceptors (Lipinski definition) is 8. The Hall–Kier alpha value is -6.82. The number of amides is 3. The Morgan fingerprint density at radius 3 is 1.92 bits per heavy atom. The Balaban J connectivity index is 0.887. The van der Waals surface area contributed by atoms with Crippen LogP contribution >= 0.6 is 0 Å². The van der Waals surface area contributed by atoms with E-state index >= 15 is 0 Å². The van der Waals surface area contributed by atoms with Gasteiger partial charge in [-0.3, -0.25) is 19.4 Å². The third-order valence-electron chi connectivity index (χ3n) is 12.3. The van der Waals surface area contributed by atoms with Gasteiger partial charge in [0.15, 0.2) is 0 Å². The number of rotatable bonds is 14. The second-order valence-corrected chi connectivity index (χ2v) is 16.2. The van der Waals surface area contributed by atoms with Gasteiger partial charge in [0.05, 0.1) is 50.5 Å². The van der Waals surface area contributed by atoms with Crippen LogP contribution in [-0.2, 0) is 36.7 Å². The minimum absolute atomic E-state index is 0.0205. The highest BCUT2D eigenvalue weighted by molar-refractivity contribution is 6.03. The first kappa shape index (κ1) is 41.9. The van der Waals surface area contributed by atoms with Crippen LogP contribution in [0.25, 0.3) is 28.0 Å². The van der Waals surface area contributed by atoms with Crippen molar-refractivity contribution in [3.63, 3.8) is 0 Å². The van der Waals surface area contributed by atoms with Crippen LogP contribution < -0.4 is 5.32 Å². The molecule has 3 aliphatic heterocycles. The lowest BCUT2D eigenvalue weighted by Gasteiger charge is -2.29.